The topological polar surface area (TPSA) is 90.6 Å². The molecule has 6 nitrogen and oxygen atoms in total. The van der Waals surface area contributed by atoms with Crippen LogP contribution in [0.25, 0.3) is 0 Å². The summed E-state index contributed by atoms with van der Waals surface area (Å²) in [4.78, 5) is 0. The fourth-order valence-electron chi connectivity index (χ4n) is 2.02. The van der Waals surface area contributed by atoms with Crippen LogP contribution in [0.5, 0.6) is 5.75 Å². The van der Waals surface area contributed by atoms with Gasteiger partial charge in [-0.2, -0.15) is 0 Å². The summed E-state index contributed by atoms with van der Waals surface area (Å²) in [6.45, 7) is 0.630. The van der Waals surface area contributed by atoms with Gasteiger partial charge >= 0.3 is 0 Å². The van der Waals surface area contributed by atoms with E-state index in [9.17, 15) is 8.42 Å². The molecule has 106 valence electrons. The number of nitrogens with one attached hydrogen (secondary N) is 1. The van der Waals surface area contributed by atoms with Crippen molar-refractivity contribution in [2.75, 3.05) is 29.9 Å². The van der Waals surface area contributed by atoms with Crippen molar-refractivity contribution in [3.8, 4) is 5.75 Å². The largest absolute Gasteiger partial charge is 0.494 e. The van der Waals surface area contributed by atoms with Gasteiger partial charge in [0.15, 0.2) is 0 Å². The van der Waals surface area contributed by atoms with Gasteiger partial charge in [0.25, 0.3) is 0 Å². The van der Waals surface area contributed by atoms with Crippen molar-refractivity contribution < 1.29 is 17.9 Å². The molecule has 0 radical (unpaired) electrons. The lowest BCUT2D eigenvalue weighted by Gasteiger charge is -2.14. The Morgan fingerprint density at radius 2 is 2.32 bits per heavy atom. The zero-order chi connectivity index (χ0) is 13.9. The highest BCUT2D eigenvalue weighted by atomic mass is 32.2. The van der Waals surface area contributed by atoms with E-state index < -0.39 is 10.0 Å². The quantitative estimate of drug-likeness (QED) is 0.794. The van der Waals surface area contributed by atoms with Crippen LogP contribution in [0.15, 0.2) is 18.2 Å². The molecule has 0 spiro atoms. The van der Waals surface area contributed by atoms with E-state index in [2.05, 4.69) is 4.72 Å². The monoisotopic (exact) mass is 286 g/mol. The van der Waals surface area contributed by atoms with Gasteiger partial charge in [0.1, 0.15) is 5.75 Å². The minimum absolute atomic E-state index is 0.0411. The average molecular weight is 286 g/mol. The van der Waals surface area contributed by atoms with Crippen molar-refractivity contribution in [3.63, 3.8) is 0 Å². The summed E-state index contributed by atoms with van der Waals surface area (Å²) < 4.78 is 37.0. The van der Waals surface area contributed by atoms with Crippen molar-refractivity contribution in [1.29, 1.82) is 0 Å². The molecule has 1 fully saturated rings. The van der Waals surface area contributed by atoms with Gasteiger partial charge in [-0.15, -0.1) is 0 Å². The van der Waals surface area contributed by atoms with Crippen molar-refractivity contribution in [3.05, 3.63) is 18.2 Å². The van der Waals surface area contributed by atoms with Gasteiger partial charge in [-0.1, -0.05) is 0 Å². The number of nitrogens with two attached hydrogens (primary N) is 1. The Morgan fingerprint density at radius 1 is 1.53 bits per heavy atom. The molecule has 2 rings (SSSR count). The van der Waals surface area contributed by atoms with Gasteiger partial charge in [-0.05, 0) is 25.0 Å². The van der Waals surface area contributed by atoms with E-state index in [1.165, 1.54) is 7.11 Å². The number of anilines is 2. The number of rotatable bonds is 5. The maximum absolute atomic E-state index is 12.0. The van der Waals surface area contributed by atoms with Crippen LogP contribution >= 0.6 is 0 Å². The van der Waals surface area contributed by atoms with Crippen LogP contribution < -0.4 is 15.2 Å². The van der Waals surface area contributed by atoms with E-state index in [-0.39, 0.29) is 11.9 Å². The Balaban J connectivity index is 2.10. The van der Waals surface area contributed by atoms with Crippen molar-refractivity contribution in [2.24, 2.45) is 0 Å². The fourth-order valence-corrected chi connectivity index (χ4v) is 3.36. The van der Waals surface area contributed by atoms with Crippen LogP contribution in [0, 0.1) is 0 Å². The summed E-state index contributed by atoms with van der Waals surface area (Å²) in [5, 5.41) is 0. The highest BCUT2D eigenvalue weighted by molar-refractivity contribution is 7.92. The van der Waals surface area contributed by atoms with Gasteiger partial charge < -0.3 is 15.2 Å². The third-order valence-electron chi connectivity index (χ3n) is 2.92. The molecule has 7 heteroatoms. The number of ether oxygens (including phenoxy) is 2. The van der Waals surface area contributed by atoms with E-state index in [1.54, 1.807) is 18.2 Å². The SMILES string of the molecule is COc1cc(N)ccc1NS(=O)(=O)CC1CCCO1. The lowest BCUT2D eigenvalue weighted by atomic mass is 10.2. The normalized spacial score (nSPS) is 19.3. The van der Waals surface area contributed by atoms with E-state index in [0.717, 1.165) is 12.8 Å². The number of nitrogen functional groups attached to an aromatic ring is 1. The predicted octanol–water partition coefficient (Wildman–Crippen LogP) is 1.20. The molecule has 0 saturated carbocycles. The summed E-state index contributed by atoms with van der Waals surface area (Å²) in [6.07, 6.45) is 1.46. The zero-order valence-electron chi connectivity index (χ0n) is 10.8. The third-order valence-corrected chi connectivity index (χ3v) is 4.26. The fraction of sp³-hybridized carbons (Fsp3) is 0.500. The minimum Gasteiger partial charge on any atom is -0.494 e. The Kier molecular flexibility index (Phi) is 4.16. The lowest BCUT2D eigenvalue weighted by molar-refractivity contribution is 0.127. The summed E-state index contributed by atoms with van der Waals surface area (Å²) in [5.41, 5.74) is 6.52. The molecule has 1 aliphatic rings. The van der Waals surface area contributed by atoms with Crippen molar-refractivity contribution in [1.82, 2.24) is 0 Å². The molecular weight excluding hydrogens is 268 g/mol. The van der Waals surface area contributed by atoms with Crippen molar-refractivity contribution >= 4 is 21.4 Å². The maximum atomic E-state index is 12.0. The Morgan fingerprint density at radius 3 is 2.95 bits per heavy atom. The summed E-state index contributed by atoms with van der Waals surface area (Å²) in [6, 6.07) is 4.78. The number of sulfonamides is 1. The Bertz CT molecular complexity index is 539. The first kappa shape index (κ1) is 14.0. The van der Waals surface area contributed by atoms with E-state index in [0.29, 0.717) is 23.7 Å². The molecule has 0 aliphatic carbocycles. The number of methoxy groups -OCH3 is 1. The van der Waals surface area contributed by atoms with Crippen molar-refractivity contribution in [2.45, 2.75) is 18.9 Å². The number of hydrogen-bond donors (Lipinski definition) is 2. The third kappa shape index (κ3) is 3.74. The second-order valence-electron chi connectivity index (χ2n) is 4.48. The first-order chi connectivity index (χ1) is 9.00. The first-order valence-corrected chi connectivity index (χ1v) is 7.71. The minimum atomic E-state index is -3.46. The van der Waals surface area contributed by atoms with Crippen LogP contribution in [-0.2, 0) is 14.8 Å². The molecule has 0 amide bonds. The van der Waals surface area contributed by atoms with Gasteiger partial charge in [0.05, 0.1) is 24.7 Å². The molecule has 1 aromatic rings. The molecule has 1 aromatic carbocycles. The molecule has 1 aliphatic heterocycles. The predicted molar refractivity (Wildman–Crippen MR) is 73.8 cm³/mol. The molecule has 1 unspecified atom stereocenters. The molecule has 1 saturated heterocycles. The zero-order valence-corrected chi connectivity index (χ0v) is 11.6. The lowest BCUT2D eigenvalue weighted by Crippen LogP contribution is -2.25. The van der Waals surface area contributed by atoms with Gasteiger partial charge in [-0.25, -0.2) is 8.42 Å². The van der Waals surface area contributed by atoms with Crippen LogP contribution in [0.1, 0.15) is 12.8 Å². The summed E-state index contributed by atoms with van der Waals surface area (Å²) in [7, 11) is -1.99. The second kappa shape index (κ2) is 5.66. The van der Waals surface area contributed by atoms with E-state index in [1.807, 2.05) is 0 Å². The highest BCUT2D eigenvalue weighted by Crippen LogP contribution is 2.28. The summed E-state index contributed by atoms with van der Waals surface area (Å²) >= 11 is 0. The summed E-state index contributed by atoms with van der Waals surface area (Å²) in [5.74, 6) is 0.358. The Hall–Kier alpha value is -1.47. The first-order valence-electron chi connectivity index (χ1n) is 6.06. The van der Waals surface area contributed by atoms with Crippen LogP contribution in [-0.4, -0.2) is 34.0 Å². The molecule has 3 N–H and O–H groups in total. The van der Waals surface area contributed by atoms with Gasteiger partial charge in [0.2, 0.25) is 10.0 Å². The second-order valence-corrected chi connectivity index (χ2v) is 6.25. The molecule has 1 atom stereocenters. The molecule has 0 aromatic heterocycles. The Labute approximate surface area is 112 Å². The molecule has 0 bridgehead atoms. The van der Waals surface area contributed by atoms with E-state index >= 15 is 0 Å². The van der Waals surface area contributed by atoms with Crippen LogP contribution in [0.2, 0.25) is 0 Å². The van der Waals surface area contributed by atoms with E-state index in [4.69, 9.17) is 15.2 Å². The molecular formula is C12H18N2O4S. The average Bonchev–Trinajstić information content (AvgIpc) is 2.83. The van der Waals surface area contributed by atoms with Crippen LogP contribution in [0.3, 0.4) is 0 Å². The van der Waals surface area contributed by atoms with Gasteiger partial charge in [0, 0.05) is 18.4 Å². The van der Waals surface area contributed by atoms with Gasteiger partial charge in [-0.3, -0.25) is 4.72 Å². The van der Waals surface area contributed by atoms with Crippen LogP contribution in [0.4, 0.5) is 11.4 Å². The number of benzene rings is 1. The molecule has 19 heavy (non-hydrogen) atoms. The smallest absolute Gasteiger partial charge is 0.235 e. The maximum Gasteiger partial charge on any atom is 0.235 e. The highest BCUT2D eigenvalue weighted by Gasteiger charge is 2.24. The standard InChI is InChI=1S/C12H18N2O4S/c1-17-12-7-9(13)4-5-11(12)14-19(15,16)8-10-3-2-6-18-10/h4-5,7,10,14H,2-3,6,8,13H2,1H3. The number of hydrogen-bond acceptors (Lipinski definition) is 5. The molecule has 1 heterocycles.